The second-order valence-electron chi connectivity index (χ2n) is 5.47. The van der Waals surface area contributed by atoms with Gasteiger partial charge in [0, 0.05) is 17.1 Å². The van der Waals surface area contributed by atoms with E-state index >= 15 is 0 Å². The van der Waals surface area contributed by atoms with E-state index in [1.165, 1.54) is 5.56 Å². The number of halogens is 1. The number of hydrogen-bond donors (Lipinski definition) is 1. The second kappa shape index (κ2) is 6.62. The van der Waals surface area contributed by atoms with Gasteiger partial charge in [0.15, 0.2) is 0 Å². The summed E-state index contributed by atoms with van der Waals surface area (Å²) >= 11 is 3.52. The quantitative estimate of drug-likeness (QED) is 0.888. The Bertz CT molecular complexity index is 635. The van der Waals surface area contributed by atoms with E-state index in [0.717, 1.165) is 33.8 Å². The molecule has 114 valence electrons. The lowest BCUT2D eigenvalue weighted by atomic mass is 10.0. The van der Waals surface area contributed by atoms with Crippen LogP contribution >= 0.6 is 15.9 Å². The maximum Gasteiger partial charge on any atom is 0.221 e. The molecule has 5 heteroatoms. The van der Waals surface area contributed by atoms with Gasteiger partial charge in [-0.15, -0.1) is 0 Å². The Morgan fingerprint density at radius 1 is 1.38 bits per heavy atom. The molecule has 0 radical (unpaired) electrons. The van der Waals surface area contributed by atoms with E-state index in [-0.39, 0.29) is 0 Å². The fourth-order valence-corrected chi connectivity index (χ4v) is 2.79. The first-order chi connectivity index (χ1) is 9.93. The molecule has 0 spiro atoms. The van der Waals surface area contributed by atoms with Crippen LogP contribution in [-0.2, 0) is 13.5 Å². The first kappa shape index (κ1) is 16.0. The molecule has 1 heterocycles. The lowest BCUT2D eigenvalue weighted by Gasteiger charge is -2.15. The third kappa shape index (κ3) is 3.47. The number of aromatic nitrogens is 2. The van der Waals surface area contributed by atoms with Crippen LogP contribution in [-0.4, -0.2) is 16.3 Å². The van der Waals surface area contributed by atoms with Crippen LogP contribution in [0.3, 0.4) is 0 Å². The van der Waals surface area contributed by atoms with E-state index in [1.54, 1.807) is 4.68 Å². The summed E-state index contributed by atoms with van der Waals surface area (Å²) < 4.78 is 9.03. The lowest BCUT2D eigenvalue weighted by molar-refractivity contribution is 0.419. The molecule has 0 fully saturated rings. The van der Waals surface area contributed by atoms with Gasteiger partial charge in [-0.1, -0.05) is 29.8 Å². The van der Waals surface area contributed by atoms with Gasteiger partial charge in [0.2, 0.25) is 5.88 Å². The van der Waals surface area contributed by atoms with Crippen molar-refractivity contribution in [1.82, 2.24) is 9.78 Å². The molecular formula is C16H22BrN3O. The Kier molecular flexibility index (Phi) is 5.06. The van der Waals surface area contributed by atoms with Crippen molar-refractivity contribution in [2.24, 2.45) is 12.8 Å². The van der Waals surface area contributed by atoms with E-state index in [0.29, 0.717) is 12.5 Å². The standard InChI is InChI=1S/C16H22BrN3O/c1-10(2)14-9-12(17)5-6-15(14)21-16-13(7-8-18)11(3)19-20(16)4/h5-6,9-10H,7-8,18H2,1-4H3. The van der Waals surface area contributed by atoms with Gasteiger partial charge in [-0.25, -0.2) is 4.68 Å². The van der Waals surface area contributed by atoms with Crippen LogP contribution < -0.4 is 10.5 Å². The summed E-state index contributed by atoms with van der Waals surface area (Å²) in [6.07, 6.45) is 0.766. The van der Waals surface area contributed by atoms with Gasteiger partial charge >= 0.3 is 0 Å². The molecular weight excluding hydrogens is 330 g/mol. The molecule has 0 amide bonds. The van der Waals surface area contributed by atoms with Crippen molar-refractivity contribution in [3.8, 4) is 11.6 Å². The summed E-state index contributed by atoms with van der Waals surface area (Å²) in [7, 11) is 1.90. The molecule has 1 aromatic carbocycles. The van der Waals surface area contributed by atoms with Crippen LogP contribution in [0.2, 0.25) is 0 Å². The molecule has 0 saturated carbocycles. The molecule has 0 aliphatic rings. The van der Waals surface area contributed by atoms with Gasteiger partial charge in [0.1, 0.15) is 5.75 Å². The summed E-state index contributed by atoms with van der Waals surface area (Å²) in [6, 6.07) is 6.09. The Balaban J connectivity index is 2.43. The van der Waals surface area contributed by atoms with Gasteiger partial charge in [0.05, 0.1) is 5.69 Å². The van der Waals surface area contributed by atoms with Crippen LogP contribution in [0.4, 0.5) is 0 Å². The van der Waals surface area contributed by atoms with Gasteiger partial charge in [0.25, 0.3) is 0 Å². The number of nitrogens with zero attached hydrogens (tertiary/aromatic N) is 2. The normalized spacial score (nSPS) is 11.2. The Labute approximate surface area is 134 Å². The van der Waals surface area contributed by atoms with Crippen molar-refractivity contribution < 1.29 is 4.74 Å². The van der Waals surface area contributed by atoms with Gasteiger partial charge < -0.3 is 10.5 Å². The van der Waals surface area contributed by atoms with Crippen molar-refractivity contribution in [1.29, 1.82) is 0 Å². The monoisotopic (exact) mass is 351 g/mol. The second-order valence-corrected chi connectivity index (χ2v) is 6.39. The fourth-order valence-electron chi connectivity index (χ4n) is 2.41. The topological polar surface area (TPSA) is 53.1 Å². The molecule has 0 aliphatic heterocycles. The maximum absolute atomic E-state index is 6.19. The van der Waals surface area contributed by atoms with Crippen molar-refractivity contribution in [3.05, 3.63) is 39.5 Å². The molecule has 0 atom stereocenters. The largest absolute Gasteiger partial charge is 0.439 e. The van der Waals surface area contributed by atoms with Crippen LogP contribution in [0, 0.1) is 6.92 Å². The molecule has 0 bridgehead atoms. The summed E-state index contributed by atoms with van der Waals surface area (Å²) in [4.78, 5) is 0. The SMILES string of the molecule is Cc1nn(C)c(Oc2ccc(Br)cc2C(C)C)c1CCN. The minimum atomic E-state index is 0.379. The van der Waals surface area contributed by atoms with Crippen LogP contribution in [0.1, 0.15) is 36.6 Å². The highest BCUT2D eigenvalue weighted by molar-refractivity contribution is 9.10. The van der Waals surface area contributed by atoms with Gasteiger partial charge in [-0.2, -0.15) is 5.10 Å². The minimum Gasteiger partial charge on any atom is -0.439 e. The van der Waals surface area contributed by atoms with Gasteiger partial charge in [-0.3, -0.25) is 0 Å². The number of rotatable bonds is 5. The molecule has 21 heavy (non-hydrogen) atoms. The van der Waals surface area contributed by atoms with E-state index < -0.39 is 0 Å². The number of nitrogens with two attached hydrogens (primary N) is 1. The summed E-state index contributed by atoms with van der Waals surface area (Å²) in [5, 5.41) is 4.44. The molecule has 2 aromatic rings. The third-order valence-corrected chi connectivity index (χ3v) is 3.98. The summed E-state index contributed by atoms with van der Waals surface area (Å²) in [6.45, 7) is 6.89. The van der Waals surface area contributed by atoms with Gasteiger partial charge in [-0.05, 0) is 49.6 Å². The Morgan fingerprint density at radius 3 is 2.71 bits per heavy atom. The molecule has 0 saturated heterocycles. The minimum absolute atomic E-state index is 0.379. The van der Waals surface area contributed by atoms with Crippen molar-refractivity contribution in [2.45, 2.75) is 33.1 Å². The van der Waals surface area contributed by atoms with Crippen molar-refractivity contribution >= 4 is 15.9 Å². The van der Waals surface area contributed by atoms with E-state index in [4.69, 9.17) is 10.5 Å². The predicted octanol–water partition coefficient (Wildman–Crippen LogP) is 3.91. The summed E-state index contributed by atoms with van der Waals surface area (Å²) in [5.41, 5.74) is 8.92. The van der Waals surface area contributed by atoms with Crippen molar-refractivity contribution in [3.63, 3.8) is 0 Å². The Hall–Kier alpha value is -1.33. The van der Waals surface area contributed by atoms with E-state index in [1.807, 2.05) is 26.1 Å². The highest BCUT2D eigenvalue weighted by Crippen LogP contribution is 2.34. The zero-order valence-corrected chi connectivity index (χ0v) is 14.6. The molecule has 2 N–H and O–H groups in total. The highest BCUT2D eigenvalue weighted by Gasteiger charge is 2.17. The molecule has 0 aliphatic carbocycles. The Morgan fingerprint density at radius 2 is 2.10 bits per heavy atom. The zero-order valence-electron chi connectivity index (χ0n) is 13.0. The van der Waals surface area contributed by atoms with Crippen LogP contribution in [0.25, 0.3) is 0 Å². The van der Waals surface area contributed by atoms with E-state index in [9.17, 15) is 0 Å². The maximum atomic E-state index is 6.19. The highest BCUT2D eigenvalue weighted by atomic mass is 79.9. The van der Waals surface area contributed by atoms with E-state index in [2.05, 4.69) is 40.9 Å². The molecule has 2 rings (SSSR count). The van der Waals surface area contributed by atoms with Crippen molar-refractivity contribution in [2.75, 3.05) is 6.54 Å². The average Bonchev–Trinajstić information content (AvgIpc) is 2.68. The molecule has 4 nitrogen and oxygen atoms in total. The number of hydrogen-bond acceptors (Lipinski definition) is 3. The fraction of sp³-hybridized carbons (Fsp3) is 0.438. The number of ether oxygens (including phenoxy) is 1. The number of benzene rings is 1. The molecule has 1 aromatic heterocycles. The lowest BCUT2D eigenvalue weighted by Crippen LogP contribution is -2.05. The number of aryl methyl sites for hydroxylation is 2. The average molecular weight is 352 g/mol. The first-order valence-corrected chi connectivity index (χ1v) is 7.93. The third-order valence-electron chi connectivity index (χ3n) is 3.48. The zero-order chi connectivity index (χ0) is 15.6. The first-order valence-electron chi connectivity index (χ1n) is 7.13. The van der Waals surface area contributed by atoms with Crippen LogP contribution in [0.5, 0.6) is 11.6 Å². The van der Waals surface area contributed by atoms with Crippen LogP contribution in [0.15, 0.2) is 22.7 Å². The molecule has 0 unspecified atom stereocenters. The summed E-state index contributed by atoms with van der Waals surface area (Å²) in [5.74, 6) is 2.03. The predicted molar refractivity (Wildman–Crippen MR) is 89.0 cm³/mol. The smallest absolute Gasteiger partial charge is 0.221 e.